The van der Waals surface area contributed by atoms with E-state index >= 15 is 0 Å². The van der Waals surface area contributed by atoms with Gasteiger partial charge >= 0.3 is 0 Å². The number of nitro groups is 1. The van der Waals surface area contributed by atoms with Crippen LogP contribution in [0.3, 0.4) is 0 Å². The van der Waals surface area contributed by atoms with Crippen molar-refractivity contribution in [2.45, 2.75) is 46.1 Å². The average molecular weight is 519 g/mol. The highest BCUT2D eigenvalue weighted by atomic mass is 32.2. The summed E-state index contributed by atoms with van der Waals surface area (Å²) in [7, 11) is -3.98. The minimum atomic E-state index is -3.98. The van der Waals surface area contributed by atoms with Crippen LogP contribution >= 0.6 is 0 Å². The molecule has 0 spiro atoms. The summed E-state index contributed by atoms with van der Waals surface area (Å²) in [6, 6.07) is 12.4. The highest BCUT2D eigenvalue weighted by Gasteiger charge is 2.30. The van der Waals surface area contributed by atoms with Crippen LogP contribution in [0.5, 0.6) is 0 Å². The molecule has 10 nitrogen and oxygen atoms in total. The highest BCUT2D eigenvalue weighted by molar-refractivity contribution is 7.92. The Hall–Kier alpha value is -3.47. The topological polar surface area (TPSA) is 130 Å². The van der Waals surface area contributed by atoms with Crippen LogP contribution in [0.15, 0.2) is 48.5 Å². The predicted molar refractivity (Wildman–Crippen MR) is 139 cm³/mol. The van der Waals surface area contributed by atoms with E-state index in [0.717, 1.165) is 35.0 Å². The highest BCUT2D eigenvalue weighted by Crippen LogP contribution is 2.27. The third kappa shape index (κ3) is 8.04. The number of amides is 2. The van der Waals surface area contributed by atoms with Crippen molar-refractivity contribution in [1.29, 1.82) is 0 Å². The van der Waals surface area contributed by atoms with E-state index in [1.165, 1.54) is 17.0 Å². The van der Waals surface area contributed by atoms with Gasteiger partial charge in [-0.3, -0.25) is 24.0 Å². The van der Waals surface area contributed by atoms with Crippen LogP contribution in [0.2, 0.25) is 0 Å². The maximum absolute atomic E-state index is 13.5. The summed E-state index contributed by atoms with van der Waals surface area (Å²) in [6.07, 6.45) is 3.10. The Balaban J connectivity index is 2.37. The van der Waals surface area contributed by atoms with Crippen molar-refractivity contribution >= 4 is 33.2 Å². The van der Waals surface area contributed by atoms with Crippen LogP contribution in [0.1, 0.15) is 37.8 Å². The van der Waals surface area contributed by atoms with Crippen molar-refractivity contribution < 1.29 is 22.9 Å². The van der Waals surface area contributed by atoms with Crippen molar-refractivity contribution in [2.24, 2.45) is 0 Å². The van der Waals surface area contributed by atoms with Gasteiger partial charge in [-0.05, 0) is 37.8 Å². The smallest absolute Gasteiger partial charge is 0.271 e. The molecule has 11 heteroatoms. The number of non-ortho nitro benzene ring substituents is 1. The Bertz CT molecular complexity index is 1170. The van der Waals surface area contributed by atoms with Gasteiger partial charge in [0.15, 0.2) is 0 Å². The van der Waals surface area contributed by atoms with Crippen LogP contribution in [0.4, 0.5) is 11.4 Å². The van der Waals surface area contributed by atoms with Gasteiger partial charge in [0, 0.05) is 25.2 Å². The molecule has 0 aromatic heterocycles. The number of hydrogen-bond donors (Lipinski definition) is 1. The van der Waals surface area contributed by atoms with E-state index < -0.39 is 33.4 Å². The molecule has 1 N–H and O–H groups in total. The van der Waals surface area contributed by atoms with E-state index in [1.807, 2.05) is 37.3 Å². The monoisotopic (exact) mass is 518 g/mol. The summed E-state index contributed by atoms with van der Waals surface area (Å²) in [5.74, 6) is -0.914. The van der Waals surface area contributed by atoms with Crippen LogP contribution in [0.25, 0.3) is 0 Å². The molecule has 0 saturated heterocycles. The number of sulfonamides is 1. The Morgan fingerprint density at radius 3 is 2.39 bits per heavy atom. The molecule has 2 rings (SSSR count). The second-order valence-corrected chi connectivity index (χ2v) is 10.5. The number of benzene rings is 2. The van der Waals surface area contributed by atoms with Crippen molar-refractivity contribution in [3.05, 3.63) is 69.8 Å². The SMILES string of the molecule is CCCCNC(=O)[C@@H](C)N(CCc1ccccc1)C(=O)CN(c1cc([N+](=O)[O-])ccc1C)S(C)(=O)=O. The number of unbranched alkanes of at least 4 members (excludes halogenated alkanes) is 1. The summed E-state index contributed by atoms with van der Waals surface area (Å²) in [6.45, 7) is 5.29. The minimum Gasteiger partial charge on any atom is -0.354 e. The van der Waals surface area contributed by atoms with Gasteiger partial charge < -0.3 is 10.2 Å². The Morgan fingerprint density at radius 1 is 1.14 bits per heavy atom. The number of nitro benzene ring substituents is 1. The predicted octanol–water partition coefficient (Wildman–Crippen LogP) is 3.05. The second-order valence-electron chi connectivity index (χ2n) is 8.64. The fourth-order valence-corrected chi connectivity index (χ4v) is 4.58. The lowest BCUT2D eigenvalue weighted by Gasteiger charge is -2.31. The molecule has 0 aliphatic heterocycles. The van der Waals surface area contributed by atoms with Crippen LogP contribution in [-0.4, -0.2) is 62.0 Å². The number of hydrogen-bond acceptors (Lipinski definition) is 6. The van der Waals surface area contributed by atoms with Gasteiger partial charge in [0.25, 0.3) is 5.69 Å². The molecule has 36 heavy (non-hydrogen) atoms. The van der Waals surface area contributed by atoms with Gasteiger partial charge in [0.1, 0.15) is 12.6 Å². The van der Waals surface area contributed by atoms with Gasteiger partial charge in [-0.25, -0.2) is 8.42 Å². The standard InChI is InChI=1S/C25H34N4O6S/c1-5-6-15-26-25(31)20(3)27(16-14-21-10-8-7-9-11-21)24(30)18-28(36(4,34)35)23-17-22(29(32)33)13-12-19(23)2/h7-13,17,20H,5-6,14-16,18H2,1-4H3,(H,26,31)/t20-/m1/s1. The normalized spacial score (nSPS) is 12.0. The first-order valence-electron chi connectivity index (χ1n) is 11.8. The lowest BCUT2D eigenvalue weighted by atomic mass is 10.1. The number of rotatable bonds is 13. The molecule has 0 saturated carbocycles. The van der Waals surface area contributed by atoms with Gasteiger partial charge in [-0.15, -0.1) is 0 Å². The number of nitrogens with one attached hydrogen (secondary N) is 1. The molecular formula is C25H34N4O6S. The number of aryl methyl sites for hydroxylation is 1. The van der Waals surface area contributed by atoms with Gasteiger partial charge in [0.2, 0.25) is 21.8 Å². The number of carbonyl (C=O) groups is 2. The fraction of sp³-hybridized carbons (Fsp3) is 0.440. The molecule has 0 radical (unpaired) electrons. The Kier molecular flexibility index (Phi) is 10.4. The molecule has 0 bridgehead atoms. The lowest BCUT2D eigenvalue weighted by Crippen LogP contribution is -2.52. The molecule has 1 atom stereocenters. The molecule has 2 amide bonds. The number of carbonyl (C=O) groups excluding carboxylic acids is 2. The van der Waals surface area contributed by atoms with Crippen LogP contribution in [-0.2, 0) is 26.0 Å². The zero-order chi connectivity index (χ0) is 26.9. The second kappa shape index (κ2) is 13.0. The van der Waals surface area contributed by atoms with Crippen molar-refractivity contribution in [3.8, 4) is 0 Å². The summed E-state index contributed by atoms with van der Waals surface area (Å²) >= 11 is 0. The van der Waals surface area contributed by atoms with Crippen molar-refractivity contribution in [3.63, 3.8) is 0 Å². The Labute approximate surface area is 212 Å². The average Bonchev–Trinajstić information content (AvgIpc) is 2.83. The summed E-state index contributed by atoms with van der Waals surface area (Å²) in [5, 5.41) is 14.1. The third-order valence-electron chi connectivity index (χ3n) is 5.83. The molecule has 0 fully saturated rings. The molecule has 0 aliphatic carbocycles. The summed E-state index contributed by atoms with van der Waals surface area (Å²) in [5.41, 5.74) is 1.17. The molecular weight excluding hydrogens is 484 g/mol. The maximum Gasteiger partial charge on any atom is 0.271 e. The van der Waals surface area contributed by atoms with Crippen molar-refractivity contribution in [1.82, 2.24) is 10.2 Å². The molecule has 2 aromatic rings. The van der Waals surface area contributed by atoms with Gasteiger partial charge in [0.05, 0.1) is 16.9 Å². The van der Waals surface area contributed by atoms with E-state index in [4.69, 9.17) is 0 Å². The molecule has 196 valence electrons. The zero-order valence-corrected chi connectivity index (χ0v) is 22.0. The largest absolute Gasteiger partial charge is 0.354 e. The fourth-order valence-electron chi connectivity index (χ4n) is 3.68. The first kappa shape index (κ1) is 28.8. The van der Waals surface area contributed by atoms with E-state index in [2.05, 4.69) is 5.32 Å². The van der Waals surface area contributed by atoms with Gasteiger partial charge in [-0.1, -0.05) is 49.7 Å². The third-order valence-corrected chi connectivity index (χ3v) is 6.96. The van der Waals surface area contributed by atoms with Crippen LogP contribution < -0.4 is 9.62 Å². The first-order valence-corrected chi connectivity index (χ1v) is 13.6. The zero-order valence-electron chi connectivity index (χ0n) is 21.1. The maximum atomic E-state index is 13.5. The molecule has 0 aliphatic rings. The number of nitrogens with zero attached hydrogens (tertiary/aromatic N) is 3. The minimum absolute atomic E-state index is 0.0445. The van der Waals surface area contributed by atoms with E-state index in [0.29, 0.717) is 18.5 Å². The Morgan fingerprint density at radius 2 is 1.81 bits per heavy atom. The molecule has 2 aromatic carbocycles. The molecule has 0 heterocycles. The van der Waals surface area contributed by atoms with E-state index in [1.54, 1.807) is 13.8 Å². The number of anilines is 1. The van der Waals surface area contributed by atoms with Crippen molar-refractivity contribution in [2.75, 3.05) is 30.2 Å². The van der Waals surface area contributed by atoms with Crippen LogP contribution in [0, 0.1) is 17.0 Å². The van der Waals surface area contributed by atoms with E-state index in [9.17, 15) is 28.1 Å². The lowest BCUT2D eigenvalue weighted by molar-refractivity contribution is -0.384. The quantitative estimate of drug-likeness (QED) is 0.246. The summed E-state index contributed by atoms with van der Waals surface area (Å²) < 4.78 is 26.2. The molecule has 0 unspecified atom stereocenters. The van der Waals surface area contributed by atoms with E-state index in [-0.39, 0.29) is 23.8 Å². The summed E-state index contributed by atoms with van der Waals surface area (Å²) in [4.78, 5) is 38.3. The van der Waals surface area contributed by atoms with Gasteiger partial charge in [-0.2, -0.15) is 0 Å². The first-order chi connectivity index (χ1) is 17.0.